The molecule has 0 aliphatic carbocycles. The highest BCUT2D eigenvalue weighted by atomic mass is 15.1. The predicted molar refractivity (Wildman–Crippen MR) is 245 cm³/mol. The van der Waals surface area contributed by atoms with E-state index in [2.05, 4.69) is 30.3 Å². The largest absolute Gasteiger partial charge is 0.311 e. The predicted octanol–water partition coefficient (Wildman–Crippen LogP) is 15.9. The van der Waals surface area contributed by atoms with Crippen LogP contribution in [0.4, 0.5) is 17.1 Å². The summed E-state index contributed by atoms with van der Waals surface area (Å²) < 4.78 is 76.7. The van der Waals surface area contributed by atoms with Crippen molar-refractivity contribution in [3.8, 4) is 33.4 Å². The van der Waals surface area contributed by atoms with Crippen LogP contribution in [0.5, 0.6) is 0 Å². The zero-order chi connectivity index (χ0) is 44.7. The quantitative estimate of drug-likeness (QED) is 0.154. The molecule has 0 bridgehead atoms. The van der Waals surface area contributed by atoms with Gasteiger partial charge in [-0.05, 0) is 142 Å². The fraction of sp³-hybridized carbons (Fsp3) is 0. The van der Waals surface area contributed by atoms with Crippen LogP contribution >= 0.6 is 0 Å². The van der Waals surface area contributed by atoms with Crippen LogP contribution in [0.15, 0.2) is 224 Å². The van der Waals surface area contributed by atoms with Gasteiger partial charge < -0.3 is 4.90 Å². The monoisotopic (exact) mass is 731 g/mol. The van der Waals surface area contributed by atoms with Crippen molar-refractivity contribution in [2.45, 2.75) is 0 Å². The van der Waals surface area contributed by atoms with Crippen molar-refractivity contribution in [2.24, 2.45) is 0 Å². The van der Waals surface area contributed by atoms with Crippen molar-refractivity contribution in [1.29, 1.82) is 0 Å². The summed E-state index contributed by atoms with van der Waals surface area (Å²) >= 11 is 0. The number of anilines is 3. The minimum absolute atomic E-state index is 0.117. The number of hydrogen-bond acceptors (Lipinski definition) is 1. The van der Waals surface area contributed by atoms with E-state index in [4.69, 9.17) is 0 Å². The normalized spacial score (nSPS) is 13.5. The third kappa shape index (κ3) is 5.80. The van der Waals surface area contributed by atoms with Gasteiger partial charge in [-0.25, -0.2) is 0 Å². The van der Waals surface area contributed by atoms with E-state index in [-0.39, 0.29) is 58.8 Å². The van der Waals surface area contributed by atoms with Crippen LogP contribution in [0, 0.1) is 0 Å². The van der Waals surface area contributed by atoms with E-state index < -0.39 is 12.1 Å². The summed E-state index contributed by atoms with van der Waals surface area (Å²) in [6.45, 7) is 0. The highest BCUT2D eigenvalue weighted by molar-refractivity contribution is 6.15. The summed E-state index contributed by atoms with van der Waals surface area (Å²) in [5.74, 6) is 0. The van der Waals surface area contributed by atoms with Gasteiger partial charge in [-0.3, -0.25) is 0 Å². The molecular formula is C56H37N. The third-order valence-electron chi connectivity index (χ3n) is 11.0. The van der Waals surface area contributed by atoms with E-state index in [1.54, 1.807) is 18.2 Å². The molecule has 0 amide bonds. The van der Waals surface area contributed by atoms with Crippen molar-refractivity contribution in [1.82, 2.24) is 0 Å². The molecule has 0 heterocycles. The lowest BCUT2D eigenvalue weighted by atomic mass is 9.93. The number of rotatable bonds is 6. The molecule has 11 rings (SSSR count). The Morgan fingerprint density at radius 2 is 0.684 bits per heavy atom. The minimum atomic E-state index is -0.390. The average molecular weight is 732 g/mol. The molecule has 11 aromatic carbocycles. The summed E-state index contributed by atoms with van der Waals surface area (Å²) in [4.78, 5) is 1.37. The molecule has 57 heavy (non-hydrogen) atoms. The van der Waals surface area contributed by atoms with E-state index >= 15 is 0 Å². The lowest BCUT2D eigenvalue weighted by Gasteiger charge is -2.26. The average Bonchev–Trinajstić information content (AvgIpc) is 3.34. The topological polar surface area (TPSA) is 3.24 Å². The summed E-state index contributed by atoms with van der Waals surface area (Å²) in [5.41, 5.74) is 3.10. The lowest BCUT2D eigenvalue weighted by molar-refractivity contribution is 1.28. The standard InChI is InChI=1S/C56H37N/c1-2-12-42-35-43(22-21-38(42)11-1)39-23-29-46(30-24-39)57(47-31-25-40(26-32-47)55-36-44-13-3-5-15-49(44)51-17-7-9-19-53(51)55)48-33-27-41(28-34-48)56-37-45-14-4-6-16-50(45)52-18-8-10-20-54(52)56/h1-37H/i23D,24D,25D,26D,29D,30D,31D,32D. The zero-order valence-corrected chi connectivity index (χ0v) is 30.7. The molecule has 0 unspecified atom stereocenters. The Hall–Kier alpha value is -7.48. The van der Waals surface area contributed by atoms with Gasteiger partial charge >= 0.3 is 0 Å². The van der Waals surface area contributed by atoms with E-state index in [1.165, 1.54) is 4.90 Å². The van der Waals surface area contributed by atoms with Crippen LogP contribution in [0.1, 0.15) is 11.0 Å². The van der Waals surface area contributed by atoms with E-state index in [0.717, 1.165) is 65.0 Å². The molecule has 0 atom stereocenters. The molecule has 0 radical (unpaired) electrons. The summed E-state index contributed by atoms with van der Waals surface area (Å²) in [5, 5.41) is 9.79. The molecule has 0 aliphatic rings. The molecule has 1 nitrogen and oxygen atoms in total. The van der Waals surface area contributed by atoms with Crippen LogP contribution in [0.3, 0.4) is 0 Å². The van der Waals surface area contributed by atoms with Crippen LogP contribution in [0.25, 0.3) is 87.2 Å². The molecular weight excluding hydrogens is 687 g/mol. The zero-order valence-electron chi connectivity index (χ0n) is 38.7. The first-order chi connectivity index (χ1) is 31.6. The van der Waals surface area contributed by atoms with E-state index in [1.807, 2.05) is 127 Å². The van der Waals surface area contributed by atoms with E-state index in [9.17, 15) is 11.0 Å². The highest BCUT2D eigenvalue weighted by Crippen LogP contribution is 2.41. The SMILES string of the molecule is [2H]c1c([2H])c(N(c2ccc(-c3cc4ccccc4c4ccccc34)cc2)c2c([2H])c([2H])c(-c3cc4ccccc4c4ccccc34)c([2H])c2[2H])c([2H])c([2H])c1-c1ccc2ccccc2c1. The Bertz CT molecular complexity index is 3710. The first kappa shape index (κ1) is 25.6. The summed E-state index contributed by atoms with van der Waals surface area (Å²) in [6, 6.07) is 54.0. The molecule has 1 heteroatoms. The maximum absolute atomic E-state index is 9.72. The van der Waals surface area contributed by atoms with Gasteiger partial charge in [-0.15, -0.1) is 0 Å². The molecule has 11 aromatic rings. The van der Waals surface area contributed by atoms with Gasteiger partial charge in [0, 0.05) is 17.1 Å². The number of benzene rings is 11. The third-order valence-corrected chi connectivity index (χ3v) is 11.0. The van der Waals surface area contributed by atoms with Gasteiger partial charge in [-0.2, -0.15) is 0 Å². The Kier molecular flexibility index (Phi) is 6.13. The van der Waals surface area contributed by atoms with Gasteiger partial charge in [0.25, 0.3) is 0 Å². The number of nitrogens with zero attached hydrogens (tertiary/aromatic N) is 1. The Morgan fingerprint density at radius 1 is 0.263 bits per heavy atom. The number of fused-ring (bicyclic) bond motifs is 7. The fourth-order valence-electron chi connectivity index (χ4n) is 8.17. The number of hydrogen-bond donors (Lipinski definition) is 0. The molecule has 0 saturated heterocycles. The van der Waals surface area contributed by atoms with E-state index in [0.29, 0.717) is 16.8 Å². The van der Waals surface area contributed by atoms with Crippen molar-refractivity contribution in [2.75, 3.05) is 4.90 Å². The van der Waals surface area contributed by atoms with Crippen LogP contribution < -0.4 is 4.90 Å². The van der Waals surface area contributed by atoms with Crippen molar-refractivity contribution < 1.29 is 11.0 Å². The van der Waals surface area contributed by atoms with Crippen molar-refractivity contribution in [3.63, 3.8) is 0 Å². The van der Waals surface area contributed by atoms with Crippen LogP contribution in [-0.4, -0.2) is 0 Å². The molecule has 0 spiro atoms. The summed E-state index contributed by atoms with van der Waals surface area (Å²) in [7, 11) is 0. The molecule has 0 aliphatic heterocycles. The lowest BCUT2D eigenvalue weighted by Crippen LogP contribution is -2.09. The highest BCUT2D eigenvalue weighted by Gasteiger charge is 2.16. The molecule has 0 saturated carbocycles. The maximum Gasteiger partial charge on any atom is 0.0645 e. The van der Waals surface area contributed by atoms with Gasteiger partial charge in [0.15, 0.2) is 0 Å². The minimum Gasteiger partial charge on any atom is -0.311 e. The van der Waals surface area contributed by atoms with Crippen LogP contribution in [0.2, 0.25) is 0 Å². The second-order valence-corrected chi connectivity index (χ2v) is 14.3. The van der Waals surface area contributed by atoms with Crippen molar-refractivity contribution >= 4 is 70.9 Å². The van der Waals surface area contributed by atoms with Gasteiger partial charge in [0.2, 0.25) is 0 Å². The Morgan fingerprint density at radius 3 is 1.25 bits per heavy atom. The maximum atomic E-state index is 9.72. The summed E-state index contributed by atoms with van der Waals surface area (Å²) in [6.07, 6.45) is 0. The van der Waals surface area contributed by atoms with Gasteiger partial charge in [-0.1, -0.05) is 170 Å². The van der Waals surface area contributed by atoms with Crippen LogP contribution in [-0.2, 0) is 0 Å². The molecule has 266 valence electrons. The molecule has 0 N–H and O–H groups in total. The molecule has 0 aromatic heterocycles. The molecule has 0 fully saturated rings. The second kappa shape index (κ2) is 13.7. The van der Waals surface area contributed by atoms with Gasteiger partial charge in [0.1, 0.15) is 0 Å². The fourth-order valence-corrected chi connectivity index (χ4v) is 8.17. The van der Waals surface area contributed by atoms with Gasteiger partial charge in [0.05, 0.1) is 11.0 Å². The second-order valence-electron chi connectivity index (χ2n) is 14.3. The Labute approximate surface area is 343 Å². The smallest absolute Gasteiger partial charge is 0.0645 e. The first-order valence-electron chi connectivity index (χ1n) is 23.0. The first-order valence-corrected chi connectivity index (χ1v) is 19.0. The Balaban J connectivity index is 1.15. The van der Waals surface area contributed by atoms with Crippen molar-refractivity contribution in [3.05, 3.63) is 224 Å².